The van der Waals surface area contributed by atoms with Crippen LogP contribution >= 0.6 is 0 Å². The molecule has 0 spiro atoms. The number of methoxy groups -OCH3 is 1. The number of esters is 2. The number of ether oxygens (including phenoxy) is 2. The molecule has 1 heterocycles. The fourth-order valence-electron chi connectivity index (χ4n) is 3.12. The van der Waals surface area contributed by atoms with Gasteiger partial charge in [0, 0.05) is 11.4 Å². The molecule has 1 amide bonds. The van der Waals surface area contributed by atoms with Crippen LogP contribution in [0.4, 0.5) is 5.69 Å². The molecule has 7 nitrogen and oxygen atoms in total. The Kier molecular flexibility index (Phi) is 6.05. The minimum atomic E-state index is -0.710. The molecule has 27 heavy (non-hydrogen) atoms. The number of H-pyrrole nitrogens is 1. The second-order valence-electron chi connectivity index (χ2n) is 6.51. The van der Waals surface area contributed by atoms with E-state index in [-0.39, 0.29) is 5.69 Å². The van der Waals surface area contributed by atoms with Crippen LogP contribution in [0.1, 0.15) is 48.8 Å². The van der Waals surface area contributed by atoms with E-state index in [1.54, 1.807) is 13.8 Å². The van der Waals surface area contributed by atoms with Crippen LogP contribution in [-0.2, 0) is 14.3 Å². The highest BCUT2D eigenvalue weighted by atomic mass is 16.5. The Balaban J connectivity index is 2.06. The molecule has 2 aromatic rings. The zero-order chi connectivity index (χ0) is 20.3. The van der Waals surface area contributed by atoms with Gasteiger partial charge in [0.2, 0.25) is 0 Å². The Morgan fingerprint density at radius 3 is 2.15 bits per heavy atom. The number of aromatic nitrogens is 1. The second-order valence-corrected chi connectivity index (χ2v) is 6.51. The highest BCUT2D eigenvalue weighted by molar-refractivity contribution is 6.00. The van der Waals surface area contributed by atoms with Crippen molar-refractivity contribution in [2.45, 2.75) is 34.6 Å². The van der Waals surface area contributed by atoms with E-state index < -0.39 is 24.5 Å². The van der Waals surface area contributed by atoms with E-state index in [4.69, 9.17) is 9.47 Å². The quantitative estimate of drug-likeness (QED) is 0.786. The molecule has 144 valence electrons. The second kappa shape index (κ2) is 8.07. The average Bonchev–Trinajstić information content (AvgIpc) is 2.89. The molecular weight excluding hydrogens is 348 g/mol. The Morgan fingerprint density at radius 2 is 1.59 bits per heavy atom. The number of hydrogen-bond donors (Lipinski definition) is 2. The van der Waals surface area contributed by atoms with Gasteiger partial charge in [-0.3, -0.25) is 4.79 Å². The highest BCUT2D eigenvalue weighted by Gasteiger charge is 2.24. The fraction of sp³-hybridized carbons (Fsp3) is 0.350. The molecule has 0 bridgehead atoms. The molecule has 1 aromatic heterocycles. The number of rotatable bonds is 5. The zero-order valence-corrected chi connectivity index (χ0v) is 16.4. The number of amides is 1. The number of carbonyl (C=O) groups is 3. The number of benzene rings is 1. The summed E-state index contributed by atoms with van der Waals surface area (Å²) in [6.07, 6.45) is 0. The lowest BCUT2D eigenvalue weighted by atomic mass is 10.1. The van der Waals surface area contributed by atoms with Crippen molar-refractivity contribution in [2.75, 3.05) is 19.0 Å². The summed E-state index contributed by atoms with van der Waals surface area (Å²) in [5.41, 5.74) is 5.03. The van der Waals surface area contributed by atoms with Gasteiger partial charge in [0.15, 0.2) is 6.61 Å². The van der Waals surface area contributed by atoms with Crippen molar-refractivity contribution in [3.05, 3.63) is 51.3 Å². The average molecular weight is 372 g/mol. The number of nitrogens with one attached hydrogen (secondary N) is 2. The first-order valence-electron chi connectivity index (χ1n) is 8.48. The normalized spacial score (nSPS) is 10.4. The van der Waals surface area contributed by atoms with Crippen LogP contribution in [0.5, 0.6) is 0 Å². The third kappa shape index (κ3) is 4.36. The summed E-state index contributed by atoms with van der Waals surface area (Å²) < 4.78 is 9.80. The van der Waals surface area contributed by atoms with Crippen LogP contribution in [-0.4, -0.2) is 36.5 Å². The number of anilines is 1. The van der Waals surface area contributed by atoms with Crippen LogP contribution in [0.15, 0.2) is 12.1 Å². The van der Waals surface area contributed by atoms with Gasteiger partial charge in [-0.05, 0) is 51.3 Å². The third-order valence-corrected chi connectivity index (χ3v) is 4.31. The van der Waals surface area contributed by atoms with Crippen molar-refractivity contribution in [1.29, 1.82) is 0 Å². The Hall–Kier alpha value is -3.09. The molecule has 0 unspecified atom stereocenters. The lowest BCUT2D eigenvalue weighted by Crippen LogP contribution is -2.22. The van der Waals surface area contributed by atoms with E-state index in [0.29, 0.717) is 22.5 Å². The van der Waals surface area contributed by atoms with Crippen LogP contribution in [0, 0.1) is 34.6 Å². The Morgan fingerprint density at radius 1 is 1.00 bits per heavy atom. The van der Waals surface area contributed by atoms with Crippen molar-refractivity contribution in [3.63, 3.8) is 0 Å². The minimum absolute atomic E-state index is 0.128. The molecule has 7 heteroatoms. The molecule has 0 radical (unpaired) electrons. The summed E-state index contributed by atoms with van der Waals surface area (Å²) >= 11 is 0. The maximum Gasteiger partial charge on any atom is 0.355 e. The van der Waals surface area contributed by atoms with Gasteiger partial charge >= 0.3 is 11.9 Å². The first kappa shape index (κ1) is 20.2. The lowest BCUT2D eigenvalue weighted by molar-refractivity contribution is -0.119. The predicted molar refractivity (Wildman–Crippen MR) is 101 cm³/mol. The van der Waals surface area contributed by atoms with E-state index in [2.05, 4.69) is 10.3 Å². The van der Waals surface area contributed by atoms with E-state index in [1.807, 2.05) is 32.9 Å². The van der Waals surface area contributed by atoms with Crippen molar-refractivity contribution in [3.8, 4) is 0 Å². The topological polar surface area (TPSA) is 97.5 Å². The standard InChI is InChI=1S/C20H24N2O5/c1-10-7-11(2)17(12(3)8-10)22-15(23)9-27-20(25)18-13(4)16(14(5)21-18)19(24)26-6/h7-8,21H,9H2,1-6H3,(H,22,23). The van der Waals surface area contributed by atoms with Gasteiger partial charge in [0.05, 0.1) is 12.7 Å². The third-order valence-electron chi connectivity index (χ3n) is 4.31. The minimum Gasteiger partial charge on any atom is -0.465 e. The highest BCUT2D eigenvalue weighted by Crippen LogP contribution is 2.22. The number of aromatic amines is 1. The summed E-state index contributed by atoms with van der Waals surface area (Å²) in [4.78, 5) is 39.1. The van der Waals surface area contributed by atoms with E-state index in [1.165, 1.54) is 7.11 Å². The molecule has 0 aliphatic carbocycles. The maximum atomic E-state index is 12.3. The Labute approximate surface area is 158 Å². The Bertz CT molecular complexity index is 888. The first-order valence-corrected chi connectivity index (χ1v) is 8.48. The largest absolute Gasteiger partial charge is 0.465 e. The monoisotopic (exact) mass is 372 g/mol. The molecule has 0 aliphatic rings. The maximum absolute atomic E-state index is 12.3. The van der Waals surface area contributed by atoms with Gasteiger partial charge in [-0.15, -0.1) is 0 Å². The van der Waals surface area contributed by atoms with E-state index in [0.717, 1.165) is 16.7 Å². The molecule has 0 atom stereocenters. The molecule has 0 fully saturated rings. The van der Waals surface area contributed by atoms with Gasteiger partial charge in [0.1, 0.15) is 5.69 Å². The number of hydrogen-bond acceptors (Lipinski definition) is 5. The molecule has 0 saturated carbocycles. The summed E-state index contributed by atoms with van der Waals surface area (Å²) in [6.45, 7) is 8.63. The van der Waals surface area contributed by atoms with Crippen LogP contribution < -0.4 is 5.32 Å². The summed E-state index contributed by atoms with van der Waals surface area (Å²) in [5.74, 6) is -1.69. The van der Waals surface area contributed by atoms with Gasteiger partial charge in [-0.1, -0.05) is 17.7 Å². The summed E-state index contributed by atoms with van der Waals surface area (Å²) in [7, 11) is 1.27. The van der Waals surface area contributed by atoms with Crippen LogP contribution in [0.3, 0.4) is 0 Å². The van der Waals surface area contributed by atoms with Crippen molar-refractivity contribution in [2.24, 2.45) is 0 Å². The van der Waals surface area contributed by atoms with Crippen LogP contribution in [0.2, 0.25) is 0 Å². The van der Waals surface area contributed by atoms with E-state index >= 15 is 0 Å². The van der Waals surface area contributed by atoms with Crippen molar-refractivity contribution >= 4 is 23.5 Å². The predicted octanol–water partition coefficient (Wildman–Crippen LogP) is 3.14. The van der Waals surface area contributed by atoms with Gasteiger partial charge in [-0.2, -0.15) is 0 Å². The summed E-state index contributed by atoms with van der Waals surface area (Å²) in [5, 5.41) is 2.77. The number of aryl methyl sites for hydroxylation is 4. The van der Waals surface area contributed by atoms with E-state index in [9.17, 15) is 14.4 Å². The van der Waals surface area contributed by atoms with Gasteiger partial charge < -0.3 is 19.8 Å². The van der Waals surface area contributed by atoms with Crippen LogP contribution in [0.25, 0.3) is 0 Å². The molecule has 1 aromatic carbocycles. The molecule has 2 rings (SSSR count). The lowest BCUT2D eigenvalue weighted by Gasteiger charge is -2.13. The fourth-order valence-corrected chi connectivity index (χ4v) is 3.12. The van der Waals surface area contributed by atoms with Crippen molar-refractivity contribution in [1.82, 2.24) is 4.98 Å². The van der Waals surface area contributed by atoms with Crippen molar-refractivity contribution < 1.29 is 23.9 Å². The SMILES string of the molecule is COC(=O)c1c(C)[nH]c(C(=O)OCC(=O)Nc2c(C)cc(C)cc2C)c1C. The molecular formula is C20H24N2O5. The number of carbonyl (C=O) groups excluding carboxylic acids is 3. The molecule has 0 saturated heterocycles. The molecule has 0 aliphatic heterocycles. The first-order chi connectivity index (χ1) is 12.6. The zero-order valence-electron chi connectivity index (χ0n) is 16.4. The molecule has 2 N–H and O–H groups in total. The van der Waals surface area contributed by atoms with Gasteiger partial charge in [-0.25, -0.2) is 9.59 Å². The smallest absolute Gasteiger partial charge is 0.355 e. The summed E-state index contributed by atoms with van der Waals surface area (Å²) in [6, 6.07) is 3.93. The van der Waals surface area contributed by atoms with Gasteiger partial charge in [0.25, 0.3) is 5.91 Å².